The maximum absolute atomic E-state index is 13.9. The van der Waals surface area contributed by atoms with Gasteiger partial charge in [-0.25, -0.2) is 0 Å². The van der Waals surface area contributed by atoms with Crippen molar-refractivity contribution in [3.63, 3.8) is 0 Å². The molecule has 128 valence electrons. The van der Waals surface area contributed by atoms with Crippen LogP contribution in [0, 0.1) is 0 Å². The molecule has 3 rings (SSSR count). The molecule has 0 unspecified atom stereocenters. The van der Waals surface area contributed by atoms with Gasteiger partial charge in [-0.3, -0.25) is 4.57 Å². The summed E-state index contributed by atoms with van der Waals surface area (Å²) in [6.45, 7) is 1.86. The van der Waals surface area contributed by atoms with Crippen LogP contribution in [-0.4, -0.2) is 6.10 Å². The molecule has 0 aliphatic heterocycles. The Kier molecular flexibility index (Phi) is 5.75. The molecule has 0 saturated heterocycles. The number of hydrogen-bond acceptors (Lipinski definition) is 2. The van der Waals surface area contributed by atoms with E-state index in [0.29, 0.717) is 10.6 Å². The Hall–Kier alpha value is -1.86. The fourth-order valence-corrected chi connectivity index (χ4v) is 5.24. The van der Waals surface area contributed by atoms with E-state index in [1.165, 1.54) is 0 Å². The van der Waals surface area contributed by atoms with Crippen molar-refractivity contribution < 1.29 is 9.09 Å². The lowest BCUT2D eigenvalue weighted by Gasteiger charge is -2.26. The molecule has 0 aliphatic carbocycles. The van der Waals surface area contributed by atoms with Crippen molar-refractivity contribution in [3.8, 4) is 0 Å². The van der Waals surface area contributed by atoms with E-state index in [1.807, 2.05) is 97.9 Å². The van der Waals surface area contributed by atoms with Crippen molar-refractivity contribution in [1.82, 2.24) is 0 Å². The van der Waals surface area contributed by atoms with Crippen LogP contribution < -0.4 is 10.6 Å². The van der Waals surface area contributed by atoms with E-state index in [0.717, 1.165) is 5.56 Å². The number of halogens is 1. The molecule has 0 radical (unpaired) electrons. The van der Waals surface area contributed by atoms with Crippen LogP contribution in [-0.2, 0) is 9.09 Å². The molecular weight excluding hydrogens is 351 g/mol. The van der Waals surface area contributed by atoms with Gasteiger partial charge in [0, 0.05) is 10.6 Å². The summed E-state index contributed by atoms with van der Waals surface area (Å²) in [5.41, 5.74) is 0.948. The molecule has 25 heavy (non-hydrogen) atoms. The van der Waals surface area contributed by atoms with Crippen LogP contribution >= 0.6 is 19.0 Å². The first-order valence-electron chi connectivity index (χ1n) is 8.20. The molecule has 0 amide bonds. The molecule has 0 saturated carbocycles. The highest BCUT2D eigenvalue weighted by molar-refractivity contribution is 7.74. The smallest absolute Gasteiger partial charge is 0.261 e. The van der Waals surface area contributed by atoms with Crippen molar-refractivity contribution in [2.75, 3.05) is 0 Å². The van der Waals surface area contributed by atoms with Gasteiger partial charge in [0.1, 0.15) is 0 Å². The fourth-order valence-electron chi connectivity index (χ4n) is 2.71. The third kappa shape index (κ3) is 4.04. The first-order chi connectivity index (χ1) is 12.1. The average Bonchev–Trinajstić information content (AvgIpc) is 2.69. The van der Waals surface area contributed by atoms with Crippen molar-refractivity contribution in [1.29, 1.82) is 0 Å². The van der Waals surface area contributed by atoms with Gasteiger partial charge in [-0.2, -0.15) is 0 Å². The van der Waals surface area contributed by atoms with Crippen LogP contribution in [0.25, 0.3) is 0 Å². The Morgan fingerprint density at radius 3 is 1.60 bits per heavy atom. The average molecular weight is 371 g/mol. The Labute approximate surface area is 153 Å². The van der Waals surface area contributed by atoms with Gasteiger partial charge in [0.05, 0.1) is 11.5 Å². The SMILES string of the molecule is C[C@@H](OP(=O)(c1ccccc1)c1ccccc1)[C@@H](Cl)c1ccccc1. The second-order valence-corrected chi connectivity index (χ2v) is 8.66. The van der Waals surface area contributed by atoms with E-state index >= 15 is 0 Å². The molecule has 0 heterocycles. The zero-order valence-electron chi connectivity index (χ0n) is 14.0. The standard InChI is InChI=1S/C21H20ClO2P/c1-17(21(22)18-11-5-2-6-12-18)24-25(23,19-13-7-3-8-14-19)20-15-9-4-10-16-20/h2-17,21H,1H3/t17-,21-/m1/s1. The van der Waals surface area contributed by atoms with E-state index < -0.39 is 13.5 Å². The van der Waals surface area contributed by atoms with Gasteiger partial charge in [0.15, 0.2) is 0 Å². The van der Waals surface area contributed by atoms with Crippen LogP contribution in [0.15, 0.2) is 91.0 Å². The minimum atomic E-state index is -3.24. The van der Waals surface area contributed by atoms with Crippen LogP contribution in [0.4, 0.5) is 0 Å². The maximum atomic E-state index is 13.9. The highest BCUT2D eigenvalue weighted by Gasteiger charge is 2.33. The molecule has 0 spiro atoms. The molecule has 4 heteroatoms. The summed E-state index contributed by atoms with van der Waals surface area (Å²) in [7, 11) is -3.24. The van der Waals surface area contributed by atoms with E-state index in [1.54, 1.807) is 0 Å². The molecule has 0 aromatic heterocycles. The van der Waals surface area contributed by atoms with Crippen LogP contribution in [0.5, 0.6) is 0 Å². The van der Waals surface area contributed by atoms with Gasteiger partial charge in [0.2, 0.25) is 0 Å². The predicted octanol–water partition coefficient (Wildman–Crippen LogP) is 5.30. The third-order valence-electron chi connectivity index (χ3n) is 4.04. The number of rotatable bonds is 6. The van der Waals surface area contributed by atoms with Gasteiger partial charge in [-0.1, -0.05) is 66.7 Å². The summed E-state index contributed by atoms with van der Waals surface area (Å²) in [6.07, 6.45) is -0.421. The number of hydrogen-bond donors (Lipinski definition) is 0. The van der Waals surface area contributed by atoms with Crippen molar-refractivity contribution >= 4 is 29.6 Å². The number of benzene rings is 3. The van der Waals surface area contributed by atoms with E-state index in [2.05, 4.69) is 0 Å². The lowest BCUT2D eigenvalue weighted by Crippen LogP contribution is -2.24. The highest BCUT2D eigenvalue weighted by Crippen LogP contribution is 2.48. The second kappa shape index (κ2) is 8.01. The third-order valence-corrected chi connectivity index (χ3v) is 7.23. The van der Waals surface area contributed by atoms with Crippen LogP contribution in [0.3, 0.4) is 0 Å². The Bertz CT molecular complexity index is 794. The first-order valence-corrected chi connectivity index (χ1v) is 10.3. The monoisotopic (exact) mass is 370 g/mol. The van der Waals surface area contributed by atoms with Crippen molar-refractivity contribution in [2.45, 2.75) is 18.4 Å². The molecule has 0 bridgehead atoms. The minimum Gasteiger partial charge on any atom is -0.317 e. The fraction of sp³-hybridized carbons (Fsp3) is 0.143. The highest BCUT2D eigenvalue weighted by atomic mass is 35.5. The van der Waals surface area contributed by atoms with Gasteiger partial charge in [-0.05, 0) is 36.8 Å². The summed E-state index contributed by atoms with van der Waals surface area (Å²) in [4.78, 5) is 0. The summed E-state index contributed by atoms with van der Waals surface area (Å²) < 4.78 is 20.0. The van der Waals surface area contributed by atoms with Gasteiger partial charge >= 0.3 is 0 Å². The molecule has 3 aromatic carbocycles. The topological polar surface area (TPSA) is 26.3 Å². The normalized spacial score (nSPS) is 14.0. The van der Waals surface area contributed by atoms with E-state index in [-0.39, 0.29) is 5.38 Å². The molecule has 3 aromatic rings. The summed E-state index contributed by atoms with van der Waals surface area (Å²) in [5.74, 6) is 0. The summed E-state index contributed by atoms with van der Waals surface area (Å²) in [6, 6.07) is 28.4. The van der Waals surface area contributed by atoms with Gasteiger partial charge in [0.25, 0.3) is 7.37 Å². The molecule has 0 aliphatic rings. The maximum Gasteiger partial charge on any atom is 0.261 e. The molecular formula is C21H20ClO2P. The molecule has 0 fully saturated rings. The minimum absolute atomic E-state index is 0.387. The van der Waals surface area contributed by atoms with E-state index in [4.69, 9.17) is 16.1 Å². The zero-order valence-corrected chi connectivity index (χ0v) is 15.6. The Balaban J connectivity index is 1.95. The Morgan fingerprint density at radius 1 is 0.760 bits per heavy atom. The van der Waals surface area contributed by atoms with Crippen molar-refractivity contribution in [3.05, 3.63) is 96.6 Å². The second-order valence-electron chi connectivity index (χ2n) is 5.85. The first kappa shape index (κ1) is 17.9. The molecule has 2 nitrogen and oxygen atoms in total. The van der Waals surface area contributed by atoms with Crippen LogP contribution in [0.1, 0.15) is 17.9 Å². The zero-order chi connectivity index (χ0) is 17.7. The quantitative estimate of drug-likeness (QED) is 0.434. The summed E-state index contributed by atoms with van der Waals surface area (Å²) >= 11 is 6.59. The number of alkyl halides is 1. The predicted molar refractivity (Wildman–Crippen MR) is 105 cm³/mol. The summed E-state index contributed by atoms with van der Waals surface area (Å²) in [5, 5.41) is 0.955. The van der Waals surface area contributed by atoms with Gasteiger partial charge < -0.3 is 4.52 Å². The molecule has 0 N–H and O–H groups in total. The largest absolute Gasteiger partial charge is 0.317 e. The lowest BCUT2D eigenvalue weighted by atomic mass is 10.1. The van der Waals surface area contributed by atoms with Crippen molar-refractivity contribution in [2.24, 2.45) is 0 Å². The Morgan fingerprint density at radius 2 is 1.16 bits per heavy atom. The van der Waals surface area contributed by atoms with Gasteiger partial charge in [-0.15, -0.1) is 11.6 Å². The molecule has 2 atom stereocenters. The lowest BCUT2D eigenvalue weighted by molar-refractivity contribution is 0.227. The van der Waals surface area contributed by atoms with Crippen LogP contribution in [0.2, 0.25) is 0 Å². The van der Waals surface area contributed by atoms with E-state index in [9.17, 15) is 4.57 Å².